The number of fused-ring (bicyclic) bond motifs is 1. The molecule has 1 aromatic heterocycles. The van der Waals surface area contributed by atoms with E-state index in [1.165, 1.54) is 24.9 Å². The van der Waals surface area contributed by atoms with Gasteiger partial charge in [-0.25, -0.2) is 0 Å². The van der Waals surface area contributed by atoms with E-state index in [0.717, 1.165) is 62.3 Å². The molecule has 0 amide bonds. The first-order valence-corrected chi connectivity index (χ1v) is 11.4. The number of nitrogens with zero attached hydrogens (tertiary/aromatic N) is 3. The Morgan fingerprint density at radius 1 is 1.10 bits per heavy atom. The number of hydrogen-bond acceptors (Lipinski definition) is 8. The molecule has 8 nitrogen and oxygen atoms in total. The zero-order chi connectivity index (χ0) is 20.9. The number of hydrogen-bond donors (Lipinski definition) is 4. The number of ether oxygens (including phenoxy) is 1. The first kappa shape index (κ1) is 19.9. The van der Waals surface area contributed by atoms with Gasteiger partial charge in [0.2, 0.25) is 5.95 Å². The molecule has 1 unspecified atom stereocenters. The van der Waals surface area contributed by atoms with E-state index in [-0.39, 0.29) is 0 Å². The van der Waals surface area contributed by atoms with Crippen LogP contribution in [0, 0.1) is 5.92 Å². The van der Waals surface area contributed by atoms with Gasteiger partial charge in [0.05, 0.1) is 19.9 Å². The van der Waals surface area contributed by atoms with Crippen LogP contribution in [0.4, 0.5) is 34.6 Å². The number of nitrogens with one attached hydrogen (secondary N) is 4. The maximum Gasteiger partial charge on any atom is 0.231 e. The van der Waals surface area contributed by atoms with E-state index in [0.29, 0.717) is 18.5 Å². The Hall–Kier alpha value is -3.00. The van der Waals surface area contributed by atoms with Crippen LogP contribution in [0.1, 0.15) is 25.7 Å². The Kier molecular flexibility index (Phi) is 6.06. The average Bonchev–Trinajstić information content (AvgIpc) is 3.30. The van der Waals surface area contributed by atoms with Crippen molar-refractivity contribution in [2.75, 3.05) is 65.7 Å². The second-order valence-corrected chi connectivity index (χ2v) is 8.26. The Bertz CT molecular complexity index is 909. The van der Waals surface area contributed by atoms with Gasteiger partial charge in [-0.2, -0.15) is 9.97 Å². The molecule has 4 N–H and O–H groups in total. The van der Waals surface area contributed by atoms with Crippen LogP contribution in [-0.2, 0) is 4.74 Å². The first-order chi connectivity index (χ1) is 15.3. The number of allylic oxidation sites excluding steroid dienone is 2. The Morgan fingerprint density at radius 2 is 1.97 bits per heavy atom. The molecule has 1 atom stereocenters. The maximum atomic E-state index is 5.44. The third kappa shape index (κ3) is 4.85. The smallest absolute Gasteiger partial charge is 0.231 e. The number of rotatable bonds is 7. The topological polar surface area (TPSA) is 86.4 Å². The summed E-state index contributed by atoms with van der Waals surface area (Å²) in [5, 5.41) is 13.5. The number of anilines is 6. The van der Waals surface area contributed by atoms with Crippen LogP contribution in [0.25, 0.3) is 0 Å². The SMILES string of the molecule is C1=CC(CCNc2nc(Nc3ccc(N4CCOCC4)cc3)nc3c2NCN3)CCC1. The van der Waals surface area contributed by atoms with Crippen LogP contribution in [0.2, 0.25) is 0 Å². The molecule has 0 spiro atoms. The van der Waals surface area contributed by atoms with Gasteiger partial charge in [-0.05, 0) is 55.9 Å². The quantitative estimate of drug-likeness (QED) is 0.499. The Labute approximate surface area is 183 Å². The molecule has 0 bridgehead atoms. The summed E-state index contributed by atoms with van der Waals surface area (Å²) in [5.74, 6) is 2.95. The van der Waals surface area contributed by atoms with Gasteiger partial charge >= 0.3 is 0 Å². The molecule has 164 valence electrons. The first-order valence-electron chi connectivity index (χ1n) is 11.4. The summed E-state index contributed by atoms with van der Waals surface area (Å²) in [7, 11) is 0. The van der Waals surface area contributed by atoms with Crippen molar-refractivity contribution in [2.45, 2.75) is 25.7 Å². The van der Waals surface area contributed by atoms with Crippen molar-refractivity contribution < 1.29 is 4.74 Å². The summed E-state index contributed by atoms with van der Waals surface area (Å²) in [5.41, 5.74) is 3.14. The van der Waals surface area contributed by atoms with Crippen molar-refractivity contribution in [1.29, 1.82) is 0 Å². The molecule has 31 heavy (non-hydrogen) atoms. The second kappa shape index (κ2) is 9.43. The van der Waals surface area contributed by atoms with Gasteiger partial charge in [-0.3, -0.25) is 0 Å². The lowest BCUT2D eigenvalue weighted by molar-refractivity contribution is 0.122. The van der Waals surface area contributed by atoms with E-state index in [1.807, 2.05) is 0 Å². The fraction of sp³-hybridized carbons (Fsp3) is 0.478. The lowest BCUT2D eigenvalue weighted by Gasteiger charge is -2.28. The molecule has 8 heteroatoms. The highest BCUT2D eigenvalue weighted by Crippen LogP contribution is 2.33. The molecule has 3 heterocycles. The van der Waals surface area contributed by atoms with E-state index in [2.05, 4.69) is 67.6 Å². The molecule has 5 rings (SSSR count). The number of morpholine rings is 1. The predicted molar refractivity (Wildman–Crippen MR) is 126 cm³/mol. The normalized spacial score (nSPS) is 20.0. The lowest BCUT2D eigenvalue weighted by atomic mass is 9.93. The average molecular weight is 422 g/mol. The minimum atomic E-state index is 0.592. The molecule has 2 aromatic rings. The minimum Gasteiger partial charge on any atom is -0.378 e. The highest BCUT2D eigenvalue weighted by Gasteiger charge is 2.19. The van der Waals surface area contributed by atoms with E-state index >= 15 is 0 Å². The van der Waals surface area contributed by atoms with Gasteiger partial charge in [-0.15, -0.1) is 0 Å². The zero-order valence-corrected chi connectivity index (χ0v) is 17.9. The maximum absolute atomic E-state index is 5.44. The molecule has 1 aliphatic carbocycles. The summed E-state index contributed by atoms with van der Waals surface area (Å²) in [6.07, 6.45) is 9.61. The van der Waals surface area contributed by atoms with Gasteiger partial charge in [0.15, 0.2) is 11.6 Å². The predicted octanol–water partition coefficient (Wildman–Crippen LogP) is 4.01. The summed E-state index contributed by atoms with van der Waals surface area (Å²) < 4.78 is 5.44. The highest BCUT2D eigenvalue weighted by atomic mass is 16.5. The summed E-state index contributed by atoms with van der Waals surface area (Å²) >= 11 is 0. The molecule has 1 aromatic carbocycles. The van der Waals surface area contributed by atoms with Gasteiger partial charge in [0.1, 0.15) is 5.69 Å². The Balaban J connectivity index is 1.25. The van der Waals surface area contributed by atoms with Gasteiger partial charge in [0.25, 0.3) is 0 Å². The van der Waals surface area contributed by atoms with Crippen molar-refractivity contribution in [3.8, 4) is 0 Å². The summed E-state index contributed by atoms with van der Waals surface area (Å²) in [6, 6.07) is 8.43. The zero-order valence-electron chi connectivity index (χ0n) is 17.9. The molecular weight excluding hydrogens is 390 g/mol. The third-order valence-corrected chi connectivity index (χ3v) is 6.09. The molecule has 3 aliphatic rings. The molecule has 1 fully saturated rings. The largest absolute Gasteiger partial charge is 0.378 e. The van der Waals surface area contributed by atoms with Crippen LogP contribution in [0.5, 0.6) is 0 Å². The molecular formula is C23H31N7O. The van der Waals surface area contributed by atoms with Crippen molar-refractivity contribution in [2.24, 2.45) is 5.92 Å². The summed E-state index contributed by atoms with van der Waals surface area (Å²) in [6.45, 7) is 5.01. The van der Waals surface area contributed by atoms with Crippen LogP contribution in [0.15, 0.2) is 36.4 Å². The van der Waals surface area contributed by atoms with E-state index in [9.17, 15) is 0 Å². The van der Waals surface area contributed by atoms with E-state index in [4.69, 9.17) is 9.72 Å². The third-order valence-electron chi connectivity index (χ3n) is 6.09. The molecule has 1 saturated heterocycles. The number of aromatic nitrogens is 2. The fourth-order valence-electron chi connectivity index (χ4n) is 4.36. The van der Waals surface area contributed by atoms with Crippen molar-refractivity contribution in [1.82, 2.24) is 9.97 Å². The van der Waals surface area contributed by atoms with Crippen LogP contribution in [-0.4, -0.2) is 49.5 Å². The number of benzene rings is 1. The van der Waals surface area contributed by atoms with Crippen molar-refractivity contribution in [3.63, 3.8) is 0 Å². The van der Waals surface area contributed by atoms with E-state index < -0.39 is 0 Å². The highest BCUT2D eigenvalue weighted by molar-refractivity contribution is 5.82. The van der Waals surface area contributed by atoms with Gasteiger partial charge in [0, 0.05) is 31.0 Å². The Morgan fingerprint density at radius 3 is 2.77 bits per heavy atom. The monoisotopic (exact) mass is 421 g/mol. The van der Waals surface area contributed by atoms with Crippen LogP contribution >= 0.6 is 0 Å². The van der Waals surface area contributed by atoms with Crippen molar-refractivity contribution in [3.05, 3.63) is 36.4 Å². The second-order valence-electron chi connectivity index (χ2n) is 8.26. The fourth-order valence-corrected chi connectivity index (χ4v) is 4.36. The van der Waals surface area contributed by atoms with Gasteiger partial charge in [-0.1, -0.05) is 12.2 Å². The van der Waals surface area contributed by atoms with E-state index in [1.54, 1.807) is 0 Å². The standard InChI is InChI=1S/C23H31N7O/c1-2-4-17(5-3-1)10-11-24-21-20-22(26-16-25-20)29-23(28-21)27-18-6-8-19(9-7-18)30-12-14-31-15-13-30/h2,4,6-9,17,25H,1,3,5,10-16H2,(H3,24,26,27,28,29). The minimum absolute atomic E-state index is 0.592. The van der Waals surface area contributed by atoms with Crippen LogP contribution in [0.3, 0.4) is 0 Å². The molecule has 2 aliphatic heterocycles. The lowest BCUT2D eigenvalue weighted by Crippen LogP contribution is -2.36. The molecule has 0 radical (unpaired) electrons. The van der Waals surface area contributed by atoms with Crippen LogP contribution < -0.4 is 26.2 Å². The molecule has 0 saturated carbocycles. The summed E-state index contributed by atoms with van der Waals surface area (Å²) in [4.78, 5) is 11.7. The van der Waals surface area contributed by atoms with Gasteiger partial charge < -0.3 is 30.9 Å². The van der Waals surface area contributed by atoms with Crippen molar-refractivity contribution >= 4 is 34.6 Å².